The van der Waals surface area contributed by atoms with E-state index in [1.165, 1.54) is 42.4 Å². The highest BCUT2D eigenvalue weighted by Crippen LogP contribution is 2.15. The molecule has 3 heteroatoms. The SMILES string of the molecule is CCCCCCNCc1cccc(OCc2ccc(C)cc2)c1.Cl. The summed E-state index contributed by atoms with van der Waals surface area (Å²) in [5.74, 6) is 0.941. The monoisotopic (exact) mass is 347 g/mol. The Labute approximate surface area is 153 Å². The van der Waals surface area contributed by atoms with Gasteiger partial charge in [0.2, 0.25) is 0 Å². The van der Waals surface area contributed by atoms with Crippen LogP contribution in [-0.2, 0) is 13.2 Å². The Morgan fingerprint density at radius 2 is 1.71 bits per heavy atom. The van der Waals surface area contributed by atoms with Gasteiger partial charge < -0.3 is 10.1 Å². The molecule has 0 bridgehead atoms. The molecule has 2 aromatic rings. The van der Waals surface area contributed by atoms with Crippen molar-refractivity contribution in [1.82, 2.24) is 5.32 Å². The first-order chi connectivity index (χ1) is 11.3. The van der Waals surface area contributed by atoms with Gasteiger partial charge in [-0.2, -0.15) is 0 Å². The Balaban J connectivity index is 0.00000288. The van der Waals surface area contributed by atoms with Crippen molar-refractivity contribution in [1.29, 1.82) is 0 Å². The van der Waals surface area contributed by atoms with Gasteiger partial charge in [-0.1, -0.05) is 68.1 Å². The van der Waals surface area contributed by atoms with Crippen molar-refractivity contribution >= 4 is 12.4 Å². The Bertz CT molecular complexity index is 568. The third kappa shape index (κ3) is 7.85. The van der Waals surface area contributed by atoms with E-state index in [1.807, 2.05) is 6.07 Å². The van der Waals surface area contributed by atoms with Gasteiger partial charge in [0, 0.05) is 6.54 Å². The van der Waals surface area contributed by atoms with E-state index < -0.39 is 0 Å². The molecule has 0 heterocycles. The van der Waals surface area contributed by atoms with E-state index in [9.17, 15) is 0 Å². The Hall–Kier alpha value is -1.51. The van der Waals surface area contributed by atoms with Crippen LogP contribution in [0.15, 0.2) is 48.5 Å². The van der Waals surface area contributed by atoms with Crippen LogP contribution in [0.5, 0.6) is 5.75 Å². The second-order valence-electron chi connectivity index (χ2n) is 6.16. The summed E-state index contributed by atoms with van der Waals surface area (Å²) in [7, 11) is 0. The summed E-state index contributed by atoms with van der Waals surface area (Å²) in [6.07, 6.45) is 5.21. The first-order valence-electron chi connectivity index (χ1n) is 8.76. The molecule has 0 aliphatic heterocycles. The zero-order valence-electron chi connectivity index (χ0n) is 14.9. The van der Waals surface area contributed by atoms with E-state index in [0.717, 1.165) is 18.8 Å². The third-order valence-corrected chi connectivity index (χ3v) is 3.96. The molecule has 0 spiro atoms. The van der Waals surface area contributed by atoms with Gasteiger partial charge in [0.15, 0.2) is 0 Å². The van der Waals surface area contributed by atoms with Crippen LogP contribution in [0.3, 0.4) is 0 Å². The van der Waals surface area contributed by atoms with Crippen LogP contribution in [0.2, 0.25) is 0 Å². The van der Waals surface area contributed by atoms with Crippen molar-refractivity contribution < 1.29 is 4.74 Å². The molecule has 0 aromatic heterocycles. The summed E-state index contributed by atoms with van der Waals surface area (Å²) in [5.41, 5.74) is 3.76. The second-order valence-corrected chi connectivity index (χ2v) is 6.16. The average molecular weight is 348 g/mol. The van der Waals surface area contributed by atoms with Gasteiger partial charge in [0.1, 0.15) is 12.4 Å². The number of aryl methyl sites for hydroxylation is 1. The maximum Gasteiger partial charge on any atom is 0.120 e. The standard InChI is InChI=1S/C21H29NO.ClH/c1-3-4-5-6-14-22-16-20-8-7-9-21(15-20)23-17-19-12-10-18(2)11-13-19;/h7-13,15,22H,3-6,14,16-17H2,1-2H3;1H. The molecule has 2 aromatic carbocycles. The average Bonchev–Trinajstić information content (AvgIpc) is 2.58. The molecule has 0 radical (unpaired) electrons. The molecule has 132 valence electrons. The van der Waals surface area contributed by atoms with Gasteiger partial charge in [0.05, 0.1) is 0 Å². The number of rotatable bonds is 10. The fourth-order valence-electron chi connectivity index (χ4n) is 2.51. The molecule has 1 N–H and O–H groups in total. The van der Waals surface area contributed by atoms with Gasteiger partial charge in [-0.15, -0.1) is 12.4 Å². The fraction of sp³-hybridized carbons (Fsp3) is 0.429. The van der Waals surface area contributed by atoms with Crippen LogP contribution < -0.4 is 10.1 Å². The maximum atomic E-state index is 5.90. The molecule has 0 unspecified atom stereocenters. The van der Waals surface area contributed by atoms with Crippen LogP contribution >= 0.6 is 12.4 Å². The van der Waals surface area contributed by atoms with Gasteiger partial charge in [-0.25, -0.2) is 0 Å². The molecule has 0 fully saturated rings. The van der Waals surface area contributed by atoms with Gasteiger partial charge in [-0.05, 0) is 43.1 Å². The smallest absolute Gasteiger partial charge is 0.120 e. The summed E-state index contributed by atoms with van der Waals surface area (Å²) in [6, 6.07) is 16.9. The molecule has 0 saturated carbocycles. The molecular formula is C21H30ClNO. The lowest BCUT2D eigenvalue weighted by molar-refractivity contribution is 0.306. The maximum absolute atomic E-state index is 5.90. The Kier molecular flexibility index (Phi) is 10.2. The molecule has 0 saturated heterocycles. The number of halogens is 1. The van der Waals surface area contributed by atoms with Crippen molar-refractivity contribution in [3.63, 3.8) is 0 Å². The minimum absolute atomic E-state index is 0. The lowest BCUT2D eigenvalue weighted by Gasteiger charge is -2.09. The van der Waals surface area contributed by atoms with Gasteiger partial charge >= 0.3 is 0 Å². The third-order valence-electron chi connectivity index (χ3n) is 3.96. The summed E-state index contributed by atoms with van der Waals surface area (Å²) in [4.78, 5) is 0. The number of nitrogens with one attached hydrogen (secondary N) is 1. The van der Waals surface area contributed by atoms with E-state index >= 15 is 0 Å². The second kappa shape index (κ2) is 11.9. The highest BCUT2D eigenvalue weighted by Gasteiger charge is 1.99. The van der Waals surface area contributed by atoms with E-state index in [0.29, 0.717) is 6.61 Å². The van der Waals surface area contributed by atoms with Crippen LogP contribution in [0.1, 0.15) is 49.3 Å². The number of unbranched alkanes of at least 4 members (excludes halogenated alkanes) is 3. The molecule has 0 atom stereocenters. The lowest BCUT2D eigenvalue weighted by Crippen LogP contribution is -2.14. The van der Waals surface area contributed by atoms with E-state index in [4.69, 9.17) is 4.74 Å². The van der Waals surface area contributed by atoms with Gasteiger partial charge in [0.25, 0.3) is 0 Å². The number of hydrogen-bond acceptors (Lipinski definition) is 2. The summed E-state index contributed by atoms with van der Waals surface area (Å²) in [6.45, 7) is 6.97. The first kappa shape index (κ1) is 20.5. The predicted molar refractivity (Wildman–Crippen MR) is 105 cm³/mol. The summed E-state index contributed by atoms with van der Waals surface area (Å²) in [5, 5.41) is 3.51. The van der Waals surface area contributed by atoms with Crippen molar-refractivity contribution in [2.24, 2.45) is 0 Å². The zero-order valence-corrected chi connectivity index (χ0v) is 15.7. The van der Waals surface area contributed by atoms with Crippen molar-refractivity contribution in [3.05, 3.63) is 65.2 Å². The normalized spacial score (nSPS) is 10.2. The number of benzene rings is 2. The molecule has 2 nitrogen and oxygen atoms in total. The van der Waals surface area contributed by atoms with E-state index in [1.54, 1.807) is 0 Å². The quantitative estimate of drug-likeness (QED) is 0.559. The number of ether oxygens (including phenoxy) is 1. The lowest BCUT2D eigenvalue weighted by atomic mass is 10.1. The molecule has 0 aliphatic rings. The fourth-order valence-corrected chi connectivity index (χ4v) is 2.51. The molecular weight excluding hydrogens is 318 g/mol. The Morgan fingerprint density at radius 1 is 0.917 bits per heavy atom. The zero-order chi connectivity index (χ0) is 16.3. The first-order valence-corrected chi connectivity index (χ1v) is 8.76. The highest BCUT2D eigenvalue weighted by molar-refractivity contribution is 5.85. The van der Waals surface area contributed by atoms with Crippen LogP contribution in [-0.4, -0.2) is 6.54 Å². The molecule has 2 rings (SSSR count). The molecule has 0 amide bonds. The Morgan fingerprint density at radius 3 is 2.46 bits per heavy atom. The van der Waals surface area contributed by atoms with Crippen molar-refractivity contribution in [2.45, 2.75) is 52.7 Å². The van der Waals surface area contributed by atoms with Crippen molar-refractivity contribution in [2.75, 3.05) is 6.54 Å². The minimum atomic E-state index is 0. The molecule has 0 aliphatic carbocycles. The van der Waals surface area contributed by atoms with Crippen molar-refractivity contribution in [3.8, 4) is 5.75 Å². The van der Waals surface area contributed by atoms with Gasteiger partial charge in [-0.3, -0.25) is 0 Å². The topological polar surface area (TPSA) is 21.3 Å². The van der Waals surface area contributed by atoms with Crippen LogP contribution in [0, 0.1) is 6.92 Å². The number of hydrogen-bond donors (Lipinski definition) is 1. The predicted octanol–water partition coefficient (Wildman–Crippen LogP) is 5.67. The van der Waals surface area contributed by atoms with Crippen LogP contribution in [0.25, 0.3) is 0 Å². The van der Waals surface area contributed by atoms with E-state index in [2.05, 4.69) is 61.6 Å². The van der Waals surface area contributed by atoms with Crippen LogP contribution in [0.4, 0.5) is 0 Å². The summed E-state index contributed by atoms with van der Waals surface area (Å²) < 4.78 is 5.90. The van der Waals surface area contributed by atoms with E-state index in [-0.39, 0.29) is 12.4 Å². The minimum Gasteiger partial charge on any atom is -0.489 e. The largest absolute Gasteiger partial charge is 0.489 e. The molecule has 24 heavy (non-hydrogen) atoms. The highest BCUT2D eigenvalue weighted by atomic mass is 35.5. The summed E-state index contributed by atoms with van der Waals surface area (Å²) >= 11 is 0.